The maximum atomic E-state index is 12.0. The summed E-state index contributed by atoms with van der Waals surface area (Å²) in [6.07, 6.45) is 7.35. The zero-order chi connectivity index (χ0) is 13.1. The quantitative estimate of drug-likeness (QED) is 0.643. The molecule has 0 spiro atoms. The van der Waals surface area contributed by atoms with E-state index in [2.05, 4.69) is 5.32 Å². The van der Waals surface area contributed by atoms with Gasteiger partial charge in [0.1, 0.15) is 0 Å². The minimum absolute atomic E-state index is 0.00225. The Kier molecular flexibility index (Phi) is 4.01. The van der Waals surface area contributed by atoms with Gasteiger partial charge in [-0.3, -0.25) is 9.59 Å². The second kappa shape index (κ2) is 5.52. The highest BCUT2D eigenvalue weighted by molar-refractivity contribution is 5.81. The summed E-state index contributed by atoms with van der Waals surface area (Å²) in [5.74, 6) is -1.23. The summed E-state index contributed by atoms with van der Waals surface area (Å²) in [5, 5.41) is 12.0. The normalized spacial score (nSPS) is 35.4. The van der Waals surface area contributed by atoms with Gasteiger partial charge in [0.2, 0.25) is 5.91 Å². The molecule has 0 bridgehead atoms. The van der Waals surface area contributed by atoms with Crippen molar-refractivity contribution in [1.82, 2.24) is 5.32 Å². The predicted octanol–water partition coefficient (Wildman–Crippen LogP) is 0.649. The van der Waals surface area contributed by atoms with E-state index in [1.54, 1.807) is 0 Å². The topological polar surface area (TPSA) is 92.4 Å². The molecule has 0 heterocycles. The number of carbonyl (C=O) groups is 2. The van der Waals surface area contributed by atoms with Crippen LogP contribution in [-0.2, 0) is 9.59 Å². The first-order chi connectivity index (χ1) is 8.56. The average Bonchev–Trinajstić information content (AvgIpc) is 2.76. The highest BCUT2D eigenvalue weighted by atomic mass is 16.4. The fourth-order valence-corrected chi connectivity index (χ4v) is 2.78. The number of nitrogens with two attached hydrogens (primary N) is 1. The van der Waals surface area contributed by atoms with E-state index in [4.69, 9.17) is 10.8 Å². The lowest BCUT2D eigenvalue weighted by Gasteiger charge is -2.28. The van der Waals surface area contributed by atoms with Gasteiger partial charge in [-0.25, -0.2) is 0 Å². The molecule has 18 heavy (non-hydrogen) atoms. The summed E-state index contributed by atoms with van der Waals surface area (Å²) in [6, 6.07) is -0.0311. The number of nitrogens with one attached hydrogen (secondary N) is 1. The van der Waals surface area contributed by atoms with Gasteiger partial charge in [0.25, 0.3) is 0 Å². The lowest BCUT2D eigenvalue weighted by Crippen LogP contribution is -2.42. The Labute approximate surface area is 106 Å². The van der Waals surface area contributed by atoms with Gasteiger partial charge in [0.15, 0.2) is 0 Å². The molecule has 1 saturated carbocycles. The summed E-state index contributed by atoms with van der Waals surface area (Å²) < 4.78 is 0. The molecule has 100 valence electrons. The van der Waals surface area contributed by atoms with Gasteiger partial charge in [0, 0.05) is 12.1 Å². The smallest absolute Gasteiger partial charge is 0.306 e. The maximum Gasteiger partial charge on any atom is 0.306 e. The maximum absolute atomic E-state index is 12.0. The van der Waals surface area contributed by atoms with E-state index in [0.717, 1.165) is 19.3 Å². The largest absolute Gasteiger partial charge is 0.481 e. The van der Waals surface area contributed by atoms with Crippen LogP contribution in [0.5, 0.6) is 0 Å². The van der Waals surface area contributed by atoms with Crippen molar-refractivity contribution in [3.05, 3.63) is 12.2 Å². The van der Waals surface area contributed by atoms with Crippen LogP contribution in [-0.4, -0.2) is 29.1 Å². The fraction of sp³-hybridized carbons (Fsp3) is 0.692. The molecular formula is C13H20N2O3. The van der Waals surface area contributed by atoms with E-state index in [1.165, 1.54) is 0 Å². The van der Waals surface area contributed by atoms with Crippen molar-refractivity contribution in [2.75, 3.05) is 0 Å². The monoisotopic (exact) mass is 252 g/mol. The van der Waals surface area contributed by atoms with Crippen LogP contribution < -0.4 is 11.1 Å². The lowest BCUT2D eigenvalue weighted by atomic mass is 9.85. The van der Waals surface area contributed by atoms with Crippen molar-refractivity contribution in [3.8, 4) is 0 Å². The summed E-state index contributed by atoms with van der Waals surface area (Å²) in [4.78, 5) is 22.9. The van der Waals surface area contributed by atoms with E-state index in [0.29, 0.717) is 12.8 Å². The standard InChI is InChI=1S/C13H20N2O3/c14-10-5-4-8(6-10)12(16)15-11-3-1-2-9(7-11)13(17)18/h4-5,8-11H,1-3,6-7,14H2,(H,15,16)(H,17,18). The van der Waals surface area contributed by atoms with Crippen molar-refractivity contribution in [2.45, 2.75) is 44.2 Å². The molecule has 4 N–H and O–H groups in total. The van der Waals surface area contributed by atoms with Crippen LogP contribution in [0, 0.1) is 11.8 Å². The van der Waals surface area contributed by atoms with Gasteiger partial charge < -0.3 is 16.2 Å². The second-order valence-corrected chi connectivity index (χ2v) is 5.30. The second-order valence-electron chi connectivity index (χ2n) is 5.30. The first-order valence-corrected chi connectivity index (χ1v) is 6.53. The van der Waals surface area contributed by atoms with Crippen LogP contribution in [0.4, 0.5) is 0 Å². The molecule has 2 rings (SSSR count). The Hall–Kier alpha value is -1.36. The summed E-state index contributed by atoms with van der Waals surface area (Å²) in [5.41, 5.74) is 5.71. The first kappa shape index (κ1) is 13.1. The number of amides is 1. The van der Waals surface area contributed by atoms with E-state index in [9.17, 15) is 9.59 Å². The van der Waals surface area contributed by atoms with Crippen LogP contribution in [0.2, 0.25) is 0 Å². The van der Waals surface area contributed by atoms with Crippen molar-refractivity contribution >= 4 is 11.9 Å². The number of carboxylic acid groups (broad SMARTS) is 1. The van der Waals surface area contributed by atoms with Crippen LogP contribution in [0.1, 0.15) is 32.1 Å². The van der Waals surface area contributed by atoms with Gasteiger partial charge in [-0.05, 0) is 25.7 Å². The SMILES string of the molecule is NC1C=CC(C(=O)NC2CCCC(C(=O)O)C2)C1. The van der Waals surface area contributed by atoms with Crippen molar-refractivity contribution < 1.29 is 14.7 Å². The third kappa shape index (κ3) is 3.10. The van der Waals surface area contributed by atoms with Gasteiger partial charge in [-0.15, -0.1) is 0 Å². The van der Waals surface area contributed by atoms with Crippen molar-refractivity contribution in [3.63, 3.8) is 0 Å². The molecule has 0 aliphatic heterocycles. The van der Waals surface area contributed by atoms with E-state index < -0.39 is 5.97 Å². The van der Waals surface area contributed by atoms with Gasteiger partial charge >= 0.3 is 5.97 Å². The zero-order valence-corrected chi connectivity index (χ0v) is 10.3. The molecule has 5 heteroatoms. The molecule has 0 saturated heterocycles. The highest BCUT2D eigenvalue weighted by Gasteiger charge is 2.30. The van der Waals surface area contributed by atoms with E-state index in [1.807, 2.05) is 12.2 Å². The highest BCUT2D eigenvalue weighted by Crippen LogP contribution is 2.25. The van der Waals surface area contributed by atoms with Crippen molar-refractivity contribution in [1.29, 1.82) is 0 Å². The van der Waals surface area contributed by atoms with E-state index >= 15 is 0 Å². The van der Waals surface area contributed by atoms with Crippen LogP contribution in [0.15, 0.2) is 12.2 Å². The molecule has 0 aromatic carbocycles. The molecule has 1 fully saturated rings. The molecular weight excluding hydrogens is 232 g/mol. The van der Waals surface area contributed by atoms with Crippen molar-refractivity contribution in [2.24, 2.45) is 17.6 Å². The number of hydrogen-bond acceptors (Lipinski definition) is 3. The van der Waals surface area contributed by atoms with Gasteiger partial charge in [-0.1, -0.05) is 18.6 Å². The first-order valence-electron chi connectivity index (χ1n) is 6.53. The van der Waals surface area contributed by atoms with Gasteiger partial charge in [0.05, 0.1) is 11.8 Å². The molecule has 1 amide bonds. The number of aliphatic carboxylic acids is 1. The minimum atomic E-state index is -0.753. The number of rotatable bonds is 3. The molecule has 0 aromatic rings. The summed E-state index contributed by atoms with van der Waals surface area (Å²) >= 11 is 0. The summed E-state index contributed by atoms with van der Waals surface area (Å²) in [7, 11) is 0. The molecule has 4 unspecified atom stereocenters. The summed E-state index contributed by atoms with van der Waals surface area (Å²) in [6.45, 7) is 0. The molecule has 5 nitrogen and oxygen atoms in total. The number of carbonyl (C=O) groups excluding carboxylic acids is 1. The predicted molar refractivity (Wildman–Crippen MR) is 66.7 cm³/mol. The molecule has 2 aliphatic rings. The Balaban J connectivity index is 1.84. The minimum Gasteiger partial charge on any atom is -0.481 e. The van der Waals surface area contributed by atoms with Crippen LogP contribution in [0.3, 0.4) is 0 Å². The van der Waals surface area contributed by atoms with Gasteiger partial charge in [-0.2, -0.15) is 0 Å². The van der Waals surface area contributed by atoms with E-state index in [-0.39, 0.29) is 29.8 Å². The Morgan fingerprint density at radius 1 is 1.22 bits per heavy atom. The Bertz CT molecular complexity index is 367. The number of carboxylic acids is 1. The average molecular weight is 252 g/mol. The third-order valence-electron chi connectivity index (χ3n) is 3.82. The Morgan fingerprint density at radius 2 is 2.00 bits per heavy atom. The molecule has 0 aromatic heterocycles. The Morgan fingerprint density at radius 3 is 2.61 bits per heavy atom. The van der Waals surface area contributed by atoms with Crippen LogP contribution >= 0.6 is 0 Å². The lowest BCUT2D eigenvalue weighted by molar-refractivity contribution is -0.143. The third-order valence-corrected chi connectivity index (χ3v) is 3.82. The van der Waals surface area contributed by atoms with Crippen LogP contribution in [0.25, 0.3) is 0 Å². The number of hydrogen-bond donors (Lipinski definition) is 3. The molecule has 2 aliphatic carbocycles. The fourth-order valence-electron chi connectivity index (χ4n) is 2.78. The molecule has 0 radical (unpaired) electrons. The molecule has 4 atom stereocenters. The zero-order valence-electron chi connectivity index (χ0n) is 10.3.